The number of ether oxygens (including phenoxy) is 1. The smallest absolute Gasteiger partial charge is 0.124 e. The van der Waals surface area contributed by atoms with Crippen LogP contribution in [0.5, 0.6) is 5.75 Å². The number of nitrogens with one attached hydrogen (secondary N) is 1. The maximum Gasteiger partial charge on any atom is 0.124 e. The molecular weight excluding hydrogens is 336 g/mol. The zero-order chi connectivity index (χ0) is 14.7. The van der Waals surface area contributed by atoms with Gasteiger partial charge in [0.2, 0.25) is 0 Å². The largest absolute Gasteiger partial charge is 0.496 e. The van der Waals surface area contributed by atoms with Crippen LogP contribution in [0.15, 0.2) is 28.1 Å². The molecule has 1 atom stereocenters. The topological polar surface area (TPSA) is 34.2 Å². The van der Waals surface area contributed by atoms with Gasteiger partial charge in [0.1, 0.15) is 10.8 Å². The zero-order valence-electron chi connectivity index (χ0n) is 12.1. The predicted octanol–water partition coefficient (Wildman–Crippen LogP) is 4.35. The Morgan fingerprint density at radius 1 is 1.35 bits per heavy atom. The second-order valence-electron chi connectivity index (χ2n) is 4.87. The molecule has 0 radical (unpaired) electrons. The van der Waals surface area contributed by atoms with Crippen LogP contribution >= 0.6 is 27.3 Å². The average Bonchev–Trinajstić information content (AvgIpc) is 2.90. The molecule has 0 aliphatic carbocycles. The standard InChI is InChI=1S/C15H19BrN2OS/c1-9(2)12-8-20-15(18-12)14(17-3)11-7-10(16)5-6-13(11)19-4/h5-9,14,17H,1-4H3. The second kappa shape index (κ2) is 6.70. The molecule has 2 aromatic rings. The number of hydrogen-bond donors (Lipinski definition) is 1. The monoisotopic (exact) mass is 354 g/mol. The van der Waals surface area contributed by atoms with E-state index in [-0.39, 0.29) is 6.04 Å². The van der Waals surface area contributed by atoms with Crippen molar-refractivity contribution in [3.8, 4) is 5.75 Å². The minimum absolute atomic E-state index is 0.0416. The van der Waals surface area contributed by atoms with Crippen LogP contribution in [0.1, 0.15) is 42.1 Å². The fraction of sp³-hybridized carbons (Fsp3) is 0.400. The molecule has 5 heteroatoms. The van der Waals surface area contributed by atoms with E-state index >= 15 is 0 Å². The minimum atomic E-state index is 0.0416. The molecule has 1 N–H and O–H groups in total. The molecular formula is C15H19BrN2OS. The highest BCUT2D eigenvalue weighted by atomic mass is 79.9. The maximum atomic E-state index is 5.47. The van der Waals surface area contributed by atoms with E-state index in [4.69, 9.17) is 9.72 Å². The number of halogens is 1. The molecule has 1 aromatic carbocycles. The number of rotatable bonds is 5. The van der Waals surface area contributed by atoms with Crippen molar-refractivity contribution >= 4 is 27.3 Å². The average molecular weight is 355 g/mol. The van der Waals surface area contributed by atoms with Gasteiger partial charge in [0.05, 0.1) is 18.8 Å². The summed E-state index contributed by atoms with van der Waals surface area (Å²) in [6.45, 7) is 4.32. The van der Waals surface area contributed by atoms with Gasteiger partial charge in [-0.1, -0.05) is 29.8 Å². The highest BCUT2D eigenvalue weighted by Gasteiger charge is 2.20. The van der Waals surface area contributed by atoms with E-state index in [1.54, 1.807) is 18.4 Å². The Morgan fingerprint density at radius 3 is 2.65 bits per heavy atom. The third-order valence-electron chi connectivity index (χ3n) is 3.17. The van der Waals surface area contributed by atoms with Gasteiger partial charge in [0.25, 0.3) is 0 Å². The van der Waals surface area contributed by atoms with Gasteiger partial charge in [0.15, 0.2) is 0 Å². The van der Waals surface area contributed by atoms with Gasteiger partial charge in [-0.05, 0) is 31.2 Å². The van der Waals surface area contributed by atoms with Gasteiger partial charge >= 0.3 is 0 Å². The lowest BCUT2D eigenvalue weighted by molar-refractivity contribution is 0.405. The van der Waals surface area contributed by atoms with Crippen LogP contribution in [-0.2, 0) is 0 Å². The normalized spacial score (nSPS) is 12.7. The Hall–Kier alpha value is -0.910. The first-order valence-corrected chi connectivity index (χ1v) is 8.20. The van der Waals surface area contributed by atoms with Gasteiger partial charge in [-0.3, -0.25) is 0 Å². The zero-order valence-corrected chi connectivity index (χ0v) is 14.5. The van der Waals surface area contributed by atoms with E-state index in [1.165, 1.54) is 0 Å². The molecule has 108 valence electrons. The summed E-state index contributed by atoms with van der Waals surface area (Å²) in [5, 5.41) is 6.53. The van der Waals surface area contributed by atoms with Crippen molar-refractivity contribution in [3.05, 3.63) is 44.3 Å². The third-order valence-corrected chi connectivity index (χ3v) is 4.59. The summed E-state index contributed by atoms with van der Waals surface area (Å²) in [4.78, 5) is 4.75. The van der Waals surface area contributed by atoms with E-state index in [0.29, 0.717) is 5.92 Å². The SMILES string of the molecule is CNC(c1nc(C(C)C)cs1)c1cc(Br)ccc1OC. The molecule has 0 amide bonds. The first-order valence-electron chi connectivity index (χ1n) is 6.52. The number of nitrogens with zero attached hydrogens (tertiary/aromatic N) is 1. The van der Waals surface area contributed by atoms with E-state index in [1.807, 2.05) is 19.2 Å². The molecule has 1 heterocycles. The Labute approximate surface area is 132 Å². The minimum Gasteiger partial charge on any atom is -0.496 e. The molecule has 2 rings (SSSR count). The first kappa shape index (κ1) is 15.5. The van der Waals surface area contributed by atoms with Crippen molar-refractivity contribution in [2.75, 3.05) is 14.2 Å². The Bertz CT molecular complexity index is 583. The fourth-order valence-electron chi connectivity index (χ4n) is 2.04. The highest BCUT2D eigenvalue weighted by molar-refractivity contribution is 9.10. The Balaban J connectivity index is 2.43. The summed E-state index contributed by atoms with van der Waals surface area (Å²) < 4.78 is 6.51. The fourth-order valence-corrected chi connectivity index (χ4v) is 3.53. The first-order chi connectivity index (χ1) is 9.56. The predicted molar refractivity (Wildman–Crippen MR) is 87.8 cm³/mol. The highest BCUT2D eigenvalue weighted by Crippen LogP contribution is 2.34. The Morgan fingerprint density at radius 2 is 2.10 bits per heavy atom. The molecule has 3 nitrogen and oxygen atoms in total. The van der Waals surface area contributed by atoms with Crippen LogP contribution < -0.4 is 10.1 Å². The van der Waals surface area contributed by atoms with E-state index in [0.717, 1.165) is 26.5 Å². The molecule has 0 fully saturated rings. The molecule has 20 heavy (non-hydrogen) atoms. The van der Waals surface area contributed by atoms with Gasteiger partial charge in [-0.25, -0.2) is 4.98 Å². The van der Waals surface area contributed by atoms with E-state index < -0.39 is 0 Å². The second-order valence-corrected chi connectivity index (χ2v) is 6.68. The summed E-state index contributed by atoms with van der Waals surface area (Å²) in [6, 6.07) is 6.08. The molecule has 0 bridgehead atoms. The van der Waals surface area contributed by atoms with Crippen molar-refractivity contribution in [2.45, 2.75) is 25.8 Å². The molecule has 0 aliphatic heterocycles. The van der Waals surface area contributed by atoms with Crippen LogP contribution in [0.25, 0.3) is 0 Å². The van der Waals surface area contributed by atoms with Gasteiger partial charge in [-0.2, -0.15) is 0 Å². The summed E-state index contributed by atoms with van der Waals surface area (Å²) in [6.07, 6.45) is 0. The maximum absolute atomic E-state index is 5.47. The van der Waals surface area contributed by atoms with Crippen LogP contribution in [0, 0.1) is 0 Å². The molecule has 0 spiro atoms. The molecule has 0 saturated heterocycles. The van der Waals surface area contributed by atoms with Crippen LogP contribution in [0.4, 0.5) is 0 Å². The summed E-state index contributed by atoms with van der Waals surface area (Å²) in [5.41, 5.74) is 2.23. The number of aromatic nitrogens is 1. The van der Waals surface area contributed by atoms with Crippen molar-refractivity contribution in [3.63, 3.8) is 0 Å². The van der Waals surface area contributed by atoms with E-state index in [9.17, 15) is 0 Å². The lowest BCUT2D eigenvalue weighted by atomic mass is 10.1. The van der Waals surface area contributed by atoms with Crippen molar-refractivity contribution in [1.82, 2.24) is 10.3 Å². The third kappa shape index (κ3) is 3.22. The van der Waals surface area contributed by atoms with Crippen LogP contribution in [-0.4, -0.2) is 19.1 Å². The lowest BCUT2D eigenvalue weighted by Crippen LogP contribution is -2.18. The number of thiazole rings is 1. The molecule has 1 unspecified atom stereocenters. The van der Waals surface area contributed by atoms with E-state index in [2.05, 4.69) is 46.5 Å². The summed E-state index contributed by atoms with van der Waals surface area (Å²) in [7, 11) is 3.64. The molecule has 1 aromatic heterocycles. The van der Waals surface area contributed by atoms with Gasteiger partial charge < -0.3 is 10.1 Å². The summed E-state index contributed by atoms with van der Waals surface area (Å²) in [5.74, 6) is 1.32. The van der Waals surface area contributed by atoms with Crippen LogP contribution in [0.3, 0.4) is 0 Å². The number of hydrogen-bond acceptors (Lipinski definition) is 4. The number of methoxy groups -OCH3 is 1. The molecule has 0 saturated carbocycles. The lowest BCUT2D eigenvalue weighted by Gasteiger charge is -2.17. The summed E-state index contributed by atoms with van der Waals surface area (Å²) >= 11 is 5.21. The van der Waals surface area contributed by atoms with Gasteiger partial charge in [-0.15, -0.1) is 11.3 Å². The molecule has 0 aliphatic rings. The van der Waals surface area contributed by atoms with Crippen molar-refractivity contribution < 1.29 is 4.74 Å². The number of benzene rings is 1. The quantitative estimate of drug-likeness (QED) is 0.866. The van der Waals surface area contributed by atoms with Gasteiger partial charge in [0, 0.05) is 15.4 Å². The van der Waals surface area contributed by atoms with Crippen molar-refractivity contribution in [2.24, 2.45) is 0 Å². The van der Waals surface area contributed by atoms with Crippen LogP contribution in [0.2, 0.25) is 0 Å². The van der Waals surface area contributed by atoms with Crippen molar-refractivity contribution in [1.29, 1.82) is 0 Å². The Kier molecular flexibility index (Phi) is 5.18.